The number of esters is 1. The van der Waals surface area contributed by atoms with Gasteiger partial charge in [-0.1, -0.05) is 0 Å². The fraction of sp³-hybridized carbons (Fsp3) is 0.625. The summed E-state index contributed by atoms with van der Waals surface area (Å²) in [4.78, 5) is 11.0. The van der Waals surface area contributed by atoms with Gasteiger partial charge in [-0.25, -0.2) is 4.79 Å². The van der Waals surface area contributed by atoms with Gasteiger partial charge in [0.1, 0.15) is 12.2 Å². The predicted molar refractivity (Wildman–Crippen MR) is 39.4 cm³/mol. The van der Waals surface area contributed by atoms with Gasteiger partial charge in [0, 0.05) is 12.0 Å². The van der Waals surface area contributed by atoms with E-state index in [2.05, 4.69) is 4.74 Å². The third-order valence-corrected chi connectivity index (χ3v) is 2.20. The van der Waals surface area contributed by atoms with Gasteiger partial charge in [-0.15, -0.1) is 0 Å². The normalized spacial score (nSPS) is 38.2. The quantitative estimate of drug-likeness (QED) is 0.430. The van der Waals surface area contributed by atoms with Crippen molar-refractivity contribution in [1.82, 2.24) is 0 Å². The molecule has 1 heterocycles. The number of hydrogen-bond acceptors (Lipinski definition) is 4. The lowest BCUT2D eigenvalue weighted by atomic mass is 9.98. The van der Waals surface area contributed by atoms with E-state index in [9.17, 15) is 9.90 Å². The summed E-state index contributed by atoms with van der Waals surface area (Å²) in [6.45, 7) is 0. The molecule has 1 fully saturated rings. The van der Waals surface area contributed by atoms with Gasteiger partial charge in [-0.05, 0) is 6.08 Å². The largest absolute Gasteiger partial charge is 0.466 e. The Kier molecular flexibility index (Phi) is 1.66. The molecule has 0 radical (unpaired) electrons. The average Bonchev–Trinajstić information content (AvgIpc) is 2.82. The van der Waals surface area contributed by atoms with Crippen molar-refractivity contribution >= 4 is 5.97 Å². The van der Waals surface area contributed by atoms with Gasteiger partial charge in [0.15, 0.2) is 0 Å². The van der Waals surface area contributed by atoms with Gasteiger partial charge >= 0.3 is 5.97 Å². The third kappa shape index (κ3) is 1.13. The van der Waals surface area contributed by atoms with E-state index in [-0.39, 0.29) is 18.2 Å². The van der Waals surface area contributed by atoms with Crippen molar-refractivity contribution in [3.05, 3.63) is 11.6 Å². The first-order valence-electron chi connectivity index (χ1n) is 3.85. The standard InChI is InChI=1S/C8H10O4/c1-11-8(10)4-2-5(9)7-6(3-4)12-7/h2,5-7,9H,3H2,1H3/t5-,6-,7+/m1/s1. The maximum absolute atomic E-state index is 11.0. The van der Waals surface area contributed by atoms with Crippen LogP contribution in [0.25, 0.3) is 0 Å². The zero-order valence-electron chi connectivity index (χ0n) is 6.69. The Morgan fingerprint density at radius 3 is 3.17 bits per heavy atom. The Balaban J connectivity index is 2.11. The van der Waals surface area contributed by atoms with Crippen LogP contribution in [0.3, 0.4) is 0 Å². The highest BCUT2D eigenvalue weighted by Crippen LogP contribution is 2.36. The van der Waals surface area contributed by atoms with Crippen LogP contribution in [0.2, 0.25) is 0 Å². The van der Waals surface area contributed by atoms with E-state index < -0.39 is 6.10 Å². The van der Waals surface area contributed by atoms with Gasteiger partial charge < -0.3 is 14.6 Å². The minimum atomic E-state index is -0.641. The first kappa shape index (κ1) is 7.76. The first-order valence-corrected chi connectivity index (χ1v) is 3.85. The second kappa shape index (κ2) is 2.57. The van der Waals surface area contributed by atoms with Crippen LogP contribution in [0.4, 0.5) is 0 Å². The number of rotatable bonds is 1. The summed E-state index contributed by atoms with van der Waals surface area (Å²) < 4.78 is 9.64. The first-order chi connectivity index (χ1) is 5.72. The molecule has 0 aromatic rings. The van der Waals surface area contributed by atoms with E-state index in [1.54, 1.807) is 0 Å². The minimum Gasteiger partial charge on any atom is -0.466 e. The van der Waals surface area contributed by atoms with E-state index in [1.807, 2.05) is 0 Å². The number of aliphatic hydroxyl groups is 1. The topological polar surface area (TPSA) is 59.1 Å². The molecule has 1 aliphatic heterocycles. The molecule has 4 heteroatoms. The highest BCUT2D eigenvalue weighted by Gasteiger charge is 2.47. The van der Waals surface area contributed by atoms with Crippen LogP contribution in [0, 0.1) is 0 Å². The Bertz CT molecular complexity index is 245. The SMILES string of the molecule is COC(=O)C1=C[C@@H](O)[C@@H]2O[C@@H]2C1. The molecule has 0 saturated carbocycles. The van der Waals surface area contributed by atoms with Crippen LogP contribution >= 0.6 is 0 Å². The summed E-state index contributed by atoms with van der Waals surface area (Å²) in [5, 5.41) is 9.33. The van der Waals surface area contributed by atoms with Crippen molar-refractivity contribution in [2.24, 2.45) is 0 Å². The van der Waals surface area contributed by atoms with E-state index in [1.165, 1.54) is 13.2 Å². The molecule has 0 spiro atoms. The molecule has 2 rings (SSSR count). The number of methoxy groups -OCH3 is 1. The van der Waals surface area contributed by atoms with Crippen LogP contribution in [0.15, 0.2) is 11.6 Å². The van der Waals surface area contributed by atoms with Crippen molar-refractivity contribution in [1.29, 1.82) is 0 Å². The summed E-state index contributed by atoms with van der Waals surface area (Å²) in [6, 6.07) is 0. The summed E-state index contributed by atoms with van der Waals surface area (Å²) in [5.74, 6) is -0.372. The molecule has 0 aromatic heterocycles. The van der Waals surface area contributed by atoms with Crippen LogP contribution in [-0.4, -0.2) is 36.5 Å². The second-order valence-corrected chi connectivity index (χ2v) is 3.02. The van der Waals surface area contributed by atoms with Gasteiger partial charge in [0.25, 0.3) is 0 Å². The predicted octanol–water partition coefficient (Wildman–Crippen LogP) is -0.382. The maximum Gasteiger partial charge on any atom is 0.333 e. The molecule has 1 N–H and O–H groups in total. The molecule has 4 nitrogen and oxygen atoms in total. The van der Waals surface area contributed by atoms with Crippen LogP contribution in [0.5, 0.6) is 0 Å². The molecule has 1 aliphatic carbocycles. The van der Waals surface area contributed by atoms with Gasteiger partial charge in [0.05, 0.1) is 13.2 Å². The Morgan fingerprint density at radius 1 is 1.83 bits per heavy atom. The molecule has 1 saturated heterocycles. The minimum absolute atomic E-state index is 0.0269. The van der Waals surface area contributed by atoms with Gasteiger partial charge in [-0.3, -0.25) is 0 Å². The average molecular weight is 170 g/mol. The molecule has 3 atom stereocenters. The number of hydrogen-bond donors (Lipinski definition) is 1. The lowest BCUT2D eigenvalue weighted by Crippen LogP contribution is -2.22. The molecule has 0 amide bonds. The number of fused-ring (bicyclic) bond motifs is 1. The van der Waals surface area contributed by atoms with Crippen LogP contribution in [0.1, 0.15) is 6.42 Å². The number of epoxide rings is 1. The number of carbonyl (C=O) groups is 1. The monoisotopic (exact) mass is 170 g/mol. The van der Waals surface area contributed by atoms with Gasteiger partial charge in [-0.2, -0.15) is 0 Å². The fourth-order valence-electron chi connectivity index (χ4n) is 1.49. The van der Waals surface area contributed by atoms with E-state index in [0.29, 0.717) is 12.0 Å². The van der Waals surface area contributed by atoms with Crippen molar-refractivity contribution < 1.29 is 19.4 Å². The number of ether oxygens (including phenoxy) is 2. The zero-order valence-corrected chi connectivity index (χ0v) is 6.69. The number of aliphatic hydroxyl groups excluding tert-OH is 1. The van der Waals surface area contributed by atoms with Crippen molar-refractivity contribution in [2.75, 3.05) is 7.11 Å². The lowest BCUT2D eigenvalue weighted by Gasteiger charge is -2.10. The molecule has 66 valence electrons. The van der Waals surface area contributed by atoms with Crippen LogP contribution < -0.4 is 0 Å². The molecule has 0 bridgehead atoms. The maximum atomic E-state index is 11.0. The molecular formula is C8H10O4. The molecular weight excluding hydrogens is 160 g/mol. The molecule has 0 aromatic carbocycles. The summed E-state index contributed by atoms with van der Waals surface area (Å²) in [7, 11) is 1.33. The molecule has 2 aliphatic rings. The Hall–Kier alpha value is -0.870. The van der Waals surface area contributed by atoms with E-state index in [4.69, 9.17) is 4.74 Å². The summed E-state index contributed by atoms with van der Waals surface area (Å²) >= 11 is 0. The van der Waals surface area contributed by atoms with Crippen molar-refractivity contribution in [3.63, 3.8) is 0 Å². The van der Waals surface area contributed by atoms with Crippen molar-refractivity contribution in [2.45, 2.75) is 24.7 Å². The summed E-state index contributed by atoms with van der Waals surface area (Å²) in [6.07, 6.45) is 1.38. The number of carbonyl (C=O) groups excluding carboxylic acids is 1. The zero-order chi connectivity index (χ0) is 8.72. The lowest BCUT2D eigenvalue weighted by molar-refractivity contribution is -0.136. The second-order valence-electron chi connectivity index (χ2n) is 3.02. The smallest absolute Gasteiger partial charge is 0.333 e. The van der Waals surface area contributed by atoms with E-state index >= 15 is 0 Å². The Morgan fingerprint density at radius 2 is 2.58 bits per heavy atom. The molecule has 12 heavy (non-hydrogen) atoms. The van der Waals surface area contributed by atoms with E-state index in [0.717, 1.165) is 0 Å². The fourth-order valence-corrected chi connectivity index (χ4v) is 1.49. The highest BCUT2D eigenvalue weighted by atomic mass is 16.6. The van der Waals surface area contributed by atoms with Crippen LogP contribution in [-0.2, 0) is 14.3 Å². The van der Waals surface area contributed by atoms with Gasteiger partial charge in [0.2, 0.25) is 0 Å². The highest BCUT2D eigenvalue weighted by molar-refractivity contribution is 5.88. The molecule has 0 unspecified atom stereocenters. The summed E-state index contributed by atoms with van der Waals surface area (Å²) in [5.41, 5.74) is 0.517. The Labute approximate surface area is 69.8 Å². The third-order valence-electron chi connectivity index (χ3n) is 2.20. The van der Waals surface area contributed by atoms with Crippen molar-refractivity contribution in [3.8, 4) is 0 Å².